The molecule has 0 atom stereocenters. The molecule has 4 aromatic rings. The van der Waals surface area contributed by atoms with E-state index in [-0.39, 0.29) is 24.8 Å². The minimum Gasteiger partial charge on any atom is -1.00 e. The molecular weight excluding hydrogens is 574 g/mol. The Kier molecular flexibility index (Phi) is 8.86. The maximum Gasteiger partial charge on any atom is -1.00 e. The second-order valence-electron chi connectivity index (χ2n) is 9.31. The molecule has 0 amide bonds. The van der Waals surface area contributed by atoms with Gasteiger partial charge in [-0.1, -0.05) is 0 Å². The van der Waals surface area contributed by atoms with Gasteiger partial charge in [0.25, 0.3) is 0 Å². The van der Waals surface area contributed by atoms with Crippen LogP contribution in [0.4, 0.5) is 0 Å². The summed E-state index contributed by atoms with van der Waals surface area (Å²) in [5.41, 5.74) is 9.74. The van der Waals surface area contributed by atoms with Gasteiger partial charge < -0.3 is 24.8 Å². The zero-order valence-electron chi connectivity index (χ0n) is 21.0. The topological polar surface area (TPSA) is 9.23 Å². The van der Waals surface area contributed by atoms with E-state index in [1.165, 1.54) is 45.4 Å². The van der Waals surface area contributed by atoms with Crippen LogP contribution in [0.15, 0.2) is 118 Å². The monoisotopic (exact) mass is 600 g/mol. The number of hydrogen-bond acceptors (Lipinski definition) is 1. The average Bonchev–Trinajstić information content (AvgIpc) is 3.51. The van der Waals surface area contributed by atoms with Crippen LogP contribution in [-0.2, 0) is 27.7 Å². The van der Waals surface area contributed by atoms with Gasteiger partial charge in [-0.25, -0.2) is 0 Å². The summed E-state index contributed by atoms with van der Waals surface area (Å²) in [6, 6.07) is 35.5. The average molecular weight is 603 g/mol. The second kappa shape index (κ2) is 11.9. The number of fused-ring (bicyclic) bond motifs is 3. The van der Waals surface area contributed by atoms with Crippen molar-refractivity contribution in [2.75, 3.05) is 7.11 Å². The minimum atomic E-state index is -2.71. The molecule has 0 aliphatic heterocycles. The summed E-state index contributed by atoms with van der Waals surface area (Å²) in [5.74, 6) is 1.06. The van der Waals surface area contributed by atoms with Gasteiger partial charge in [0, 0.05) is 0 Å². The number of rotatable bonds is 5. The van der Waals surface area contributed by atoms with Gasteiger partial charge in [-0.3, -0.25) is 0 Å². The second-order valence-corrected chi connectivity index (χ2v) is 15.2. The number of methoxy groups -OCH3 is 1. The summed E-state index contributed by atoms with van der Waals surface area (Å²) in [6.07, 6.45) is 6.90. The molecule has 0 bridgehead atoms. The van der Waals surface area contributed by atoms with Gasteiger partial charge in [-0.15, -0.1) is 0 Å². The fourth-order valence-corrected chi connectivity index (χ4v) is 14.0. The Hall–Kier alpha value is -2.51. The van der Waals surface area contributed by atoms with E-state index in [9.17, 15) is 0 Å². The summed E-state index contributed by atoms with van der Waals surface area (Å²) in [4.78, 5) is 0. The molecule has 4 heteroatoms. The molecule has 2 aliphatic rings. The number of allylic oxidation sites excluding steroid dienone is 4. The van der Waals surface area contributed by atoms with Gasteiger partial charge in [-0.2, -0.15) is 0 Å². The van der Waals surface area contributed by atoms with Crippen LogP contribution in [-0.4, -0.2) is 10.3 Å². The molecule has 0 spiro atoms. The summed E-state index contributed by atoms with van der Waals surface area (Å²) in [7, 11) is 1.84. The van der Waals surface area contributed by atoms with Crippen LogP contribution in [0.1, 0.15) is 35.6 Å². The smallest absolute Gasteiger partial charge is 1.00 e. The normalized spacial score (nSPS) is 12.6. The van der Waals surface area contributed by atoms with Crippen molar-refractivity contribution in [2.24, 2.45) is 0 Å². The molecule has 0 saturated heterocycles. The van der Waals surface area contributed by atoms with E-state index in [1.807, 2.05) is 7.11 Å². The first-order chi connectivity index (χ1) is 17.2. The first-order valence-corrected chi connectivity index (χ1v) is 15.9. The third-order valence-corrected chi connectivity index (χ3v) is 14.8. The van der Waals surface area contributed by atoms with Gasteiger partial charge in [0.15, 0.2) is 0 Å². The van der Waals surface area contributed by atoms with Gasteiger partial charge in [-0.05, 0) is 0 Å². The van der Waals surface area contributed by atoms with Crippen LogP contribution in [0.3, 0.4) is 0 Å². The van der Waals surface area contributed by atoms with Gasteiger partial charge in [0.05, 0.1) is 0 Å². The third kappa shape index (κ3) is 5.13. The molecule has 1 nitrogen and oxygen atoms in total. The summed E-state index contributed by atoms with van der Waals surface area (Å²) >= 11 is -2.71. The first kappa shape index (κ1) is 27.5. The Bertz CT molecular complexity index is 1480. The van der Waals surface area contributed by atoms with Gasteiger partial charge in [0.1, 0.15) is 0 Å². The van der Waals surface area contributed by atoms with Crippen molar-refractivity contribution >= 4 is 6.48 Å². The van der Waals surface area contributed by atoms with Crippen LogP contribution < -0.4 is 32.8 Å². The van der Waals surface area contributed by atoms with Crippen LogP contribution in [0.5, 0.6) is 5.75 Å². The van der Waals surface area contributed by atoms with Crippen LogP contribution >= 0.6 is 0 Å². The number of halogens is 2. The fourth-order valence-electron chi connectivity index (χ4n) is 5.58. The van der Waals surface area contributed by atoms with Crippen molar-refractivity contribution in [3.05, 3.63) is 140 Å². The van der Waals surface area contributed by atoms with Crippen molar-refractivity contribution in [2.45, 2.75) is 19.8 Å². The molecule has 0 N–H and O–H groups in total. The Labute approximate surface area is 239 Å². The predicted molar refractivity (Wildman–Crippen MR) is 143 cm³/mol. The van der Waals surface area contributed by atoms with E-state index in [0.29, 0.717) is 0 Å². The van der Waals surface area contributed by atoms with Gasteiger partial charge in [0.2, 0.25) is 0 Å². The number of hydrogen-bond donors (Lipinski definition) is 0. The van der Waals surface area contributed by atoms with E-state index in [1.54, 1.807) is 3.28 Å². The summed E-state index contributed by atoms with van der Waals surface area (Å²) < 4.78 is 10.8. The van der Waals surface area contributed by atoms with E-state index in [2.05, 4.69) is 116 Å². The molecule has 0 heterocycles. The van der Waals surface area contributed by atoms with E-state index < -0.39 is 21.3 Å². The molecule has 6 rings (SSSR count). The molecule has 2 aliphatic carbocycles. The van der Waals surface area contributed by atoms with E-state index in [0.717, 1.165) is 18.6 Å². The van der Waals surface area contributed by atoms with Crippen LogP contribution in [0.2, 0.25) is 0 Å². The molecule has 4 aromatic carbocycles. The maximum absolute atomic E-state index is 6.15. The Balaban J connectivity index is 0.00000160. The standard InChI is InChI=1S/C14H11O.C13H10.C6H7.2ClH.Zr/c1-15-12-6-7-14-11(9-12)8-10-4-2-3-5-13(10)14;1-3-7-12(8-4-1)11-13-9-5-2-6-10-13;1-6-4-2-3-5-6;;;/h2-7H,8H2,1H3;1-10H;4-5H,2H2,1H3;2*1H;/q;;;;;+2/p-2. The molecule has 0 unspecified atom stereocenters. The zero-order valence-corrected chi connectivity index (χ0v) is 24.9. The molecular formula is C33H28Cl2OZr. The van der Waals surface area contributed by atoms with Gasteiger partial charge >= 0.3 is 217 Å². The van der Waals surface area contributed by atoms with Crippen molar-refractivity contribution in [1.82, 2.24) is 0 Å². The number of ether oxygens (including phenoxy) is 1. The zero-order chi connectivity index (χ0) is 23.8. The SMILES string of the molecule is COc1ccc2c([c]1[Zr+2]([C]1=CC(C)=CC1)=[C](c1ccccc1)c1ccccc1)Cc1ccccc1-2.[Cl-].[Cl-]. The van der Waals surface area contributed by atoms with Crippen molar-refractivity contribution in [3.8, 4) is 16.9 Å². The summed E-state index contributed by atoms with van der Waals surface area (Å²) in [5, 5.41) is 0. The molecule has 0 fully saturated rings. The maximum atomic E-state index is 6.15. The van der Waals surface area contributed by atoms with Crippen LogP contribution in [0.25, 0.3) is 11.1 Å². The van der Waals surface area contributed by atoms with Crippen LogP contribution in [0, 0.1) is 0 Å². The first-order valence-electron chi connectivity index (χ1n) is 12.3. The van der Waals surface area contributed by atoms with E-state index >= 15 is 0 Å². The molecule has 0 aromatic heterocycles. The predicted octanol–water partition coefficient (Wildman–Crippen LogP) is 1.02. The number of benzene rings is 4. The Morgan fingerprint density at radius 3 is 1.95 bits per heavy atom. The van der Waals surface area contributed by atoms with Crippen molar-refractivity contribution < 1.29 is 50.8 Å². The summed E-state index contributed by atoms with van der Waals surface area (Å²) in [6.45, 7) is 2.24. The largest absolute Gasteiger partial charge is 1.00 e. The molecule has 37 heavy (non-hydrogen) atoms. The molecule has 184 valence electrons. The molecule has 0 radical (unpaired) electrons. The Morgan fingerprint density at radius 1 is 0.730 bits per heavy atom. The minimum absolute atomic E-state index is 0. The van der Waals surface area contributed by atoms with Crippen molar-refractivity contribution in [1.29, 1.82) is 0 Å². The van der Waals surface area contributed by atoms with E-state index in [4.69, 9.17) is 4.74 Å². The quantitative estimate of drug-likeness (QED) is 0.292. The molecule has 0 saturated carbocycles. The third-order valence-electron chi connectivity index (χ3n) is 7.16. The van der Waals surface area contributed by atoms with Crippen molar-refractivity contribution in [3.63, 3.8) is 0 Å². The fraction of sp³-hybridized carbons (Fsp3) is 0.121. The Morgan fingerprint density at radius 2 is 1.35 bits per heavy atom.